The van der Waals surface area contributed by atoms with E-state index in [9.17, 15) is 9.59 Å². The summed E-state index contributed by atoms with van der Waals surface area (Å²) in [6.45, 7) is 4.67. The van der Waals surface area contributed by atoms with Crippen LogP contribution in [-0.4, -0.2) is 53.0 Å². The van der Waals surface area contributed by atoms with Gasteiger partial charge in [-0.15, -0.1) is 0 Å². The topological polar surface area (TPSA) is 84.4 Å². The minimum absolute atomic E-state index is 0.00122. The van der Waals surface area contributed by atoms with E-state index < -0.39 is 5.41 Å². The molecule has 1 N–H and O–H groups in total. The number of likely N-dealkylation sites (tertiary alicyclic amines) is 1. The van der Waals surface area contributed by atoms with Crippen molar-refractivity contribution in [2.75, 3.05) is 31.6 Å². The Bertz CT molecular complexity index is 1210. The van der Waals surface area contributed by atoms with Crippen LogP contribution in [0.25, 0.3) is 11.0 Å². The van der Waals surface area contributed by atoms with Gasteiger partial charge in [0.05, 0.1) is 16.4 Å². The van der Waals surface area contributed by atoms with Crippen molar-refractivity contribution in [3.05, 3.63) is 66.0 Å². The predicted molar refractivity (Wildman–Crippen MR) is 135 cm³/mol. The number of benzene rings is 2. The molecule has 2 aromatic carbocycles. The summed E-state index contributed by atoms with van der Waals surface area (Å²) in [6, 6.07) is 13.9. The molecule has 7 nitrogen and oxygen atoms in total. The predicted octanol–water partition coefficient (Wildman–Crippen LogP) is 4.25. The first kappa shape index (κ1) is 23.4. The number of nitrogens with zero attached hydrogens (tertiary/aromatic N) is 3. The molecule has 0 atom stereocenters. The molecule has 2 aliphatic heterocycles. The van der Waals surface area contributed by atoms with Gasteiger partial charge in [0.2, 0.25) is 11.8 Å². The molecule has 2 amide bonds. The summed E-state index contributed by atoms with van der Waals surface area (Å²) in [5.41, 5.74) is 4.06. The Morgan fingerprint density at radius 3 is 2.51 bits per heavy atom. The fourth-order valence-electron chi connectivity index (χ4n) is 5.45. The third kappa shape index (κ3) is 5.05. The van der Waals surface area contributed by atoms with Gasteiger partial charge in [-0.3, -0.25) is 19.6 Å². The summed E-state index contributed by atoms with van der Waals surface area (Å²) in [7, 11) is 0. The van der Waals surface area contributed by atoms with Crippen LogP contribution in [0.5, 0.6) is 0 Å². The van der Waals surface area contributed by atoms with Crippen LogP contribution in [0, 0.1) is 12.8 Å². The Balaban J connectivity index is 1.19. The molecule has 2 aliphatic rings. The zero-order chi connectivity index (χ0) is 24.3. The normalized spacial score (nSPS) is 18.4. The molecule has 1 aromatic heterocycles. The zero-order valence-corrected chi connectivity index (χ0v) is 20.2. The largest absolute Gasteiger partial charge is 0.381 e. The molecule has 0 radical (unpaired) electrons. The smallest absolute Gasteiger partial charge is 0.233 e. The second kappa shape index (κ2) is 10.1. The number of rotatable bonds is 5. The lowest BCUT2D eigenvalue weighted by atomic mass is 9.72. The van der Waals surface area contributed by atoms with E-state index in [4.69, 9.17) is 4.74 Å². The van der Waals surface area contributed by atoms with Crippen molar-refractivity contribution >= 4 is 28.5 Å². The van der Waals surface area contributed by atoms with Crippen molar-refractivity contribution in [2.24, 2.45) is 5.92 Å². The molecule has 3 heterocycles. The molecule has 2 saturated heterocycles. The summed E-state index contributed by atoms with van der Waals surface area (Å²) in [5.74, 6) is 0.481. The van der Waals surface area contributed by atoms with Crippen LogP contribution in [0.4, 0.5) is 5.69 Å². The lowest BCUT2D eigenvalue weighted by Gasteiger charge is -2.42. The van der Waals surface area contributed by atoms with Crippen LogP contribution in [0.3, 0.4) is 0 Å². The fraction of sp³-hybridized carbons (Fsp3) is 0.429. The Morgan fingerprint density at radius 2 is 1.77 bits per heavy atom. The van der Waals surface area contributed by atoms with Crippen LogP contribution >= 0.6 is 0 Å². The van der Waals surface area contributed by atoms with Gasteiger partial charge in [0, 0.05) is 50.8 Å². The highest BCUT2D eigenvalue weighted by Crippen LogP contribution is 2.38. The number of hydrogen-bond donors (Lipinski definition) is 1. The standard InChI is InChI=1S/C28H32N4O3/c1-20-3-2-4-22(17-20)28(9-15-35-16-10-28)27(34)32-13-7-21(8-14-32)18-26(33)31-23-5-6-24-25(19-23)30-12-11-29-24/h2-6,11-12,17,19,21H,7-10,13-16,18H2,1H3,(H,31,33). The summed E-state index contributed by atoms with van der Waals surface area (Å²) in [4.78, 5) is 37.1. The minimum atomic E-state index is -0.506. The van der Waals surface area contributed by atoms with Crippen LogP contribution in [-0.2, 0) is 19.7 Å². The number of anilines is 1. The van der Waals surface area contributed by atoms with E-state index in [2.05, 4.69) is 40.4 Å². The van der Waals surface area contributed by atoms with E-state index in [-0.39, 0.29) is 17.7 Å². The molecule has 2 fully saturated rings. The number of amides is 2. The van der Waals surface area contributed by atoms with Crippen LogP contribution < -0.4 is 5.32 Å². The van der Waals surface area contributed by atoms with Gasteiger partial charge in [-0.25, -0.2) is 0 Å². The van der Waals surface area contributed by atoms with E-state index in [1.807, 2.05) is 29.2 Å². The maximum absolute atomic E-state index is 13.8. The van der Waals surface area contributed by atoms with Crippen molar-refractivity contribution in [1.29, 1.82) is 0 Å². The van der Waals surface area contributed by atoms with E-state index in [0.29, 0.717) is 45.6 Å². The molecule has 182 valence electrons. The number of aryl methyl sites for hydroxylation is 1. The molecule has 0 bridgehead atoms. The van der Waals surface area contributed by atoms with E-state index >= 15 is 0 Å². The molecular formula is C28H32N4O3. The van der Waals surface area contributed by atoms with Gasteiger partial charge in [-0.2, -0.15) is 0 Å². The number of nitrogens with one attached hydrogen (secondary N) is 1. The Kier molecular flexibility index (Phi) is 6.77. The van der Waals surface area contributed by atoms with Crippen LogP contribution in [0.15, 0.2) is 54.9 Å². The van der Waals surface area contributed by atoms with Gasteiger partial charge in [0.25, 0.3) is 0 Å². The number of hydrogen-bond acceptors (Lipinski definition) is 5. The van der Waals surface area contributed by atoms with Gasteiger partial charge < -0.3 is 15.0 Å². The maximum atomic E-state index is 13.8. The SMILES string of the molecule is Cc1cccc(C2(C(=O)N3CCC(CC(=O)Nc4ccc5nccnc5c4)CC3)CCOCC2)c1. The van der Waals surface area contributed by atoms with Gasteiger partial charge in [-0.1, -0.05) is 29.8 Å². The first-order valence-electron chi connectivity index (χ1n) is 12.5. The molecule has 0 unspecified atom stereocenters. The molecule has 5 rings (SSSR count). The molecule has 35 heavy (non-hydrogen) atoms. The third-order valence-electron chi connectivity index (χ3n) is 7.46. The average Bonchev–Trinajstić information content (AvgIpc) is 2.89. The lowest BCUT2D eigenvalue weighted by Crippen LogP contribution is -2.52. The number of aromatic nitrogens is 2. The summed E-state index contributed by atoms with van der Waals surface area (Å²) in [5, 5.41) is 3.00. The second-order valence-electron chi connectivity index (χ2n) is 9.81. The van der Waals surface area contributed by atoms with Crippen molar-refractivity contribution in [1.82, 2.24) is 14.9 Å². The first-order valence-corrected chi connectivity index (χ1v) is 12.5. The maximum Gasteiger partial charge on any atom is 0.233 e. The Labute approximate surface area is 205 Å². The van der Waals surface area contributed by atoms with Gasteiger partial charge in [-0.05, 0) is 62.3 Å². The third-order valence-corrected chi connectivity index (χ3v) is 7.46. The lowest BCUT2D eigenvalue weighted by molar-refractivity contribution is -0.142. The number of fused-ring (bicyclic) bond motifs is 1. The highest BCUT2D eigenvalue weighted by atomic mass is 16.5. The fourth-order valence-corrected chi connectivity index (χ4v) is 5.45. The molecular weight excluding hydrogens is 440 g/mol. The van der Waals surface area contributed by atoms with Crippen LogP contribution in [0.2, 0.25) is 0 Å². The quantitative estimate of drug-likeness (QED) is 0.600. The molecule has 0 aliphatic carbocycles. The van der Waals surface area contributed by atoms with E-state index in [1.165, 1.54) is 5.56 Å². The highest BCUT2D eigenvalue weighted by Gasteiger charge is 2.44. The summed E-state index contributed by atoms with van der Waals surface area (Å²) >= 11 is 0. The van der Waals surface area contributed by atoms with Gasteiger partial charge >= 0.3 is 0 Å². The van der Waals surface area contributed by atoms with Crippen molar-refractivity contribution in [3.8, 4) is 0 Å². The summed E-state index contributed by atoms with van der Waals surface area (Å²) < 4.78 is 5.62. The van der Waals surface area contributed by atoms with Crippen molar-refractivity contribution < 1.29 is 14.3 Å². The van der Waals surface area contributed by atoms with Crippen molar-refractivity contribution in [3.63, 3.8) is 0 Å². The van der Waals surface area contributed by atoms with Crippen molar-refractivity contribution in [2.45, 2.75) is 44.4 Å². The summed E-state index contributed by atoms with van der Waals surface area (Å²) in [6.07, 6.45) is 6.86. The number of carbonyl (C=O) groups excluding carboxylic acids is 2. The minimum Gasteiger partial charge on any atom is -0.381 e. The number of carbonyl (C=O) groups is 2. The Hall–Kier alpha value is -3.32. The monoisotopic (exact) mass is 472 g/mol. The number of ether oxygens (including phenoxy) is 1. The molecule has 7 heteroatoms. The van der Waals surface area contributed by atoms with E-state index in [0.717, 1.165) is 35.1 Å². The van der Waals surface area contributed by atoms with Gasteiger partial charge in [0.15, 0.2) is 0 Å². The van der Waals surface area contributed by atoms with Crippen LogP contribution in [0.1, 0.15) is 43.2 Å². The first-order chi connectivity index (χ1) is 17.0. The molecule has 0 spiro atoms. The molecule has 0 saturated carbocycles. The average molecular weight is 473 g/mol. The molecule has 3 aromatic rings. The second-order valence-corrected chi connectivity index (χ2v) is 9.81. The zero-order valence-electron chi connectivity index (χ0n) is 20.2. The Morgan fingerprint density at radius 1 is 1.03 bits per heavy atom. The van der Waals surface area contributed by atoms with E-state index in [1.54, 1.807) is 12.4 Å². The highest BCUT2D eigenvalue weighted by molar-refractivity contribution is 5.93. The number of piperidine rings is 1. The van der Waals surface area contributed by atoms with Gasteiger partial charge in [0.1, 0.15) is 0 Å².